The van der Waals surface area contributed by atoms with Gasteiger partial charge in [-0.1, -0.05) is 6.07 Å². The highest BCUT2D eigenvalue weighted by Crippen LogP contribution is 2.37. The number of aliphatic carboxylic acids is 1. The van der Waals surface area contributed by atoms with Crippen LogP contribution >= 0.6 is 0 Å². The van der Waals surface area contributed by atoms with Gasteiger partial charge in [0.15, 0.2) is 11.4 Å². The van der Waals surface area contributed by atoms with E-state index in [1.165, 1.54) is 43.5 Å². The van der Waals surface area contributed by atoms with Crippen LogP contribution in [0.5, 0.6) is 23.1 Å². The zero-order valence-electron chi connectivity index (χ0n) is 15.5. The van der Waals surface area contributed by atoms with Crippen molar-refractivity contribution in [3.8, 4) is 23.1 Å². The number of hydrogen-bond donors (Lipinski definition) is 3. The Kier molecular flexibility index (Phi) is 5.63. The SMILES string of the molecule is COc1nc(C(=O)NCC(=O)O)c(O)c2ccc(Oc3cccc([N+](=O)[O-])c3)cc12. The molecule has 3 aromatic rings. The molecule has 0 radical (unpaired) electrons. The van der Waals surface area contributed by atoms with Gasteiger partial charge >= 0.3 is 5.97 Å². The molecule has 1 heterocycles. The first kappa shape index (κ1) is 20.3. The third kappa shape index (κ3) is 4.19. The predicted octanol–water partition coefficient (Wildman–Crippen LogP) is 2.46. The molecule has 0 saturated heterocycles. The van der Waals surface area contributed by atoms with Crippen LogP contribution in [0.25, 0.3) is 10.8 Å². The van der Waals surface area contributed by atoms with Crippen LogP contribution in [-0.2, 0) is 4.79 Å². The minimum absolute atomic E-state index is 0.00670. The molecule has 0 unspecified atom stereocenters. The first-order valence-electron chi connectivity index (χ1n) is 8.43. The molecule has 30 heavy (non-hydrogen) atoms. The number of benzene rings is 2. The maximum absolute atomic E-state index is 12.1. The summed E-state index contributed by atoms with van der Waals surface area (Å²) in [5.74, 6) is -2.09. The van der Waals surface area contributed by atoms with Gasteiger partial charge in [-0.15, -0.1) is 0 Å². The van der Waals surface area contributed by atoms with E-state index in [0.717, 1.165) is 0 Å². The number of nitrogens with one attached hydrogen (secondary N) is 1. The van der Waals surface area contributed by atoms with Crippen molar-refractivity contribution in [3.63, 3.8) is 0 Å². The second kappa shape index (κ2) is 8.31. The Morgan fingerprint density at radius 2 is 1.90 bits per heavy atom. The van der Waals surface area contributed by atoms with Gasteiger partial charge in [0.1, 0.15) is 18.0 Å². The average Bonchev–Trinajstić information content (AvgIpc) is 2.72. The number of carbonyl (C=O) groups excluding carboxylic acids is 1. The number of nitrogens with zero attached hydrogens (tertiary/aromatic N) is 2. The topological polar surface area (TPSA) is 161 Å². The summed E-state index contributed by atoms with van der Waals surface area (Å²) in [5, 5.41) is 32.7. The van der Waals surface area contributed by atoms with Gasteiger partial charge in [0.2, 0.25) is 5.88 Å². The number of nitro groups is 1. The smallest absolute Gasteiger partial charge is 0.322 e. The van der Waals surface area contributed by atoms with Gasteiger partial charge in [-0.05, 0) is 24.3 Å². The van der Waals surface area contributed by atoms with Crippen molar-refractivity contribution in [1.82, 2.24) is 10.3 Å². The van der Waals surface area contributed by atoms with Crippen molar-refractivity contribution in [2.24, 2.45) is 0 Å². The van der Waals surface area contributed by atoms with E-state index in [4.69, 9.17) is 14.6 Å². The highest BCUT2D eigenvalue weighted by Gasteiger charge is 2.21. The largest absolute Gasteiger partial charge is 0.505 e. The van der Waals surface area contributed by atoms with Crippen LogP contribution in [0.15, 0.2) is 42.5 Å². The van der Waals surface area contributed by atoms with E-state index >= 15 is 0 Å². The fourth-order valence-electron chi connectivity index (χ4n) is 2.66. The fraction of sp³-hybridized carbons (Fsp3) is 0.105. The monoisotopic (exact) mass is 413 g/mol. The molecule has 0 spiro atoms. The van der Waals surface area contributed by atoms with Gasteiger partial charge in [0.05, 0.1) is 23.5 Å². The summed E-state index contributed by atoms with van der Waals surface area (Å²) >= 11 is 0. The third-order valence-corrected chi connectivity index (χ3v) is 3.99. The van der Waals surface area contributed by atoms with E-state index in [1.54, 1.807) is 6.07 Å². The Balaban J connectivity index is 1.99. The quantitative estimate of drug-likeness (QED) is 0.390. The highest BCUT2D eigenvalue weighted by atomic mass is 16.6. The first-order chi connectivity index (χ1) is 14.3. The third-order valence-electron chi connectivity index (χ3n) is 3.99. The molecular formula is C19H15N3O8. The van der Waals surface area contributed by atoms with Crippen molar-refractivity contribution < 1.29 is 34.2 Å². The van der Waals surface area contributed by atoms with Crippen molar-refractivity contribution in [2.75, 3.05) is 13.7 Å². The number of amides is 1. The molecular weight excluding hydrogens is 398 g/mol. The van der Waals surface area contributed by atoms with Crippen molar-refractivity contribution in [1.29, 1.82) is 0 Å². The zero-order chi connectivity index (χ0) is 21.8. The average molecular weight is 413 g/mol. The molecule has 11 nitrogen and oxygen atoms in total. The van der Waals surface area contributed by atoms with E-state index in [0.29, 0.717) is 5.39 Å². The lowest BCUT2D eigenvalue weighted by Crippen LogP contribution is -2.30. The molecule has 2 aromatic carbocycles. The van der Waals surface area contributed by atoms with E-state index < -0.39 is 34.8 Å². The number of fused-ring (bicyclic) bond motifs is 1. The molecule has 0 fully saturated rings. The van der Waals surface area contributed by atoms with Gasteiger partial charge < -0.3 is 25.0 Å². The van der Waals surface area contributed by atoms with Crippen LogP contribution in [0.4, 0.5) is 5.69 Å². The van der Waals surface area contributed by atoms with E-state index in [9.17, 15) is 24.8 Å². The van der Waals surface area contributed by atoms with Crippen molar-refractivity contribution in [2.45, 2.75) is 0 Å². The molecule has 3 N–H and O–H groups in total. The van der Waals surface area contributed by atoms with E-state index in [-0.39, 0.29) is 28.5 Å². The lowest BCUT2D eigenvalue weighted by molar-refractivity contribution is -0.384. The number of ether oxygens (including phenoxy) is 2. The van der Waals surface area contributed by atoms with E-state index in [2.05, 4.69) is 10.3 Å². The standard InChI is InChI=1S/C19H15N3O8/c1-29-19-14-8-12(30-11-4-2-3-10(7-11)22(27)28)5-6-13(14)17(25)16(21-19)18(26)20-9-15(23)24/h2-8,25H,9H2,1H3,(H,20,26)(H,23,24). The number of aromatic nitrogens is 1. The number of nitro benzene ring substituents is 1. The molecule has 0 aliphatic carbocycles. The Labute approximate surface area is 168 Å². The van der Waals surface area contributed by atoms with Gasteiger partial charge in [-0.3, -0.25) is 19.7 Å². The molecule has 0 atom stereocenters. The summed E-state index contributed by atoms with van der Waals surface area (Å²) in [4.78, 5) is 37.1. The number of non-ortho nitro benzene ring substituents is 1. The van der Waals surface area contributed by atoms with Crippen LogP contribution in [0, 0.1) is 10.1 Å². The second-order valence-corrected chi connectivity index (χ2v) is 5.96. The van der Waals surface area contributed by atoms with Crippen molar-refractivity contribution >= 4 is 28.3 Å². The molecule has 11 heteroatoms. The first-order valence-corrected chi connectivity index (χ1v) is 8.43. The fourth-order valence-corrected chi connectivity index (χ4v) is 2.66. The van der Waals surface area contributed by atoms with Crippen LogP contribution < -0.4 is 14.8 Å². The Morgan fingerprint density at radius 3 is 2.57 bits per heavy atom. The molecule has 3 rings (SSSR count). The zero-order valence-corrected chi connectivity index (χ0v) is 15.5. The number of rotatable bonds is 7. The maximum atomic E-state index is 12.1. The number of carboxylic acids is 1. The minimum Gasteiger partial charge on any atom is -0.505 e. The number of methoxy groups -OCH3 is 1. The van der Waals surface area contributed by atoms with Gasteiger partial charge in [0.25, 0.3) is 11.6 Å². The summed E-state index contributed by atoms with van der Waals surface area (Å²) in [6.45, 7) is -0.643. The Hall–Kier alpha value is -4.41. The number of carboxylic acid groups (broad SMARTS) is 1. The summed E-state index contributed by atoms with van der Waals surface area (Å²) in [6, 6.07) is 10.0. The number of aromatic hydroxyl groups is 1. The number of carbonyl (C=O) groups is 2. The van der Waals surface area contributed by atoms with Crippen LogP contribution in [0.2, 0.25) is 0 Å². The van der Waals surface area contributed by atoms with Gasteiger partial charge in [0, 0.05) is 11.5 Å². The van der Waals surface area contributed by atoms with Crippen LogP contribution in [0.1, 0.15) is 10.5 Å². The predicted molar refractivity (Wildman–Crippen MR) is 103 cm³/mol. The molecule has 154 valence electrons. The normalized spacial score (nSPS) is 10.4. The molecule has 0 aliphatic rings. The summed E-state index contributed by atoms with van der Waals surface area (Å²) in [6.07, 6.45) is 0. The molecule has 0 aliphatic heterocycles. The molecule has 1 amide bonds. The lowest BCUT2D eigenvalue weighted by Gasteiger charge is -2.12. The highest BCUT2D eigenvalue weighted by molar-refractivity contribution is 6.04. The maximum Gasteiger partial charge on any atom is 0.322 e. The van der Waals surface area contributed by atoms with Gasteiger partial charge in [-0.2, -0.15) is 0 Å². The lowest BCUT2D eigenvalue weighted by atomic mass is 10.1. The number of pyridine rings is 1. The van der Waals surface area contributed by atoms with Crippen LogP contribution in [0.3, 0.4) is 0 Å². The Morgan fingerprint density at radius 1 is 1.17 bits per heavy atom. The minimum atomic E-state index is -1.25. The summed E-state index contributed by atoms with van der Waals surface area (Å²) in [5.41, 5.74) is -0.532. The summed E-state index contributed by atoms with van der Waals surface area (Å²) in [7, 11) is 1.31. The van der Waals surface area contributed by atoms with Crippen LogP contribution in [-0.4, -0.2) is 45.7 Å². The van der Waals surface area contributed by atoms with Gasteiger partial charge in [-0.25, -0.2) is 4.98 Å². The second-order valence-electron chi connectivity index (χ2n) is 5.96. The molecule has 0 bridgehead atoms. The summed E-state index contributed by atoms with van der Waals surface area (Å²) < 4.78 is 10.8. The molecule has 1 aromatic heterocycles. The Bertz CT molecular complexity index is 1160. The van der Waals surface area contributed by atoms with Crippen molar-refractivity contribution in [3.05, 3.63) is 58.3 Å². The number of hydrogen-bond acceptors (Lipinski definition) is 8. The molecule has 0 saturated carbocycles. The van der Waals surface area contributed by atoms with E-state index in [1.807, 2.05) is 0 Å².